The van der Waals surface area contributed by atoms with Gasteiger partial charge in [-0.05, 0) is 173 Å². The monoisotopic (exact) mass is 1490 g/mol. The Labute approximate surface area is 629 Å². The molecule has 17 nitrogen and oxygen atoms in total. The van der Waals surface area contributed by atoms with Crippen LogP contribution >= 0.6 is 15.6 Å². The van der Waals surface area contributed by atoms with E-state index in [0.717, 1.165) is 180 Å². The summed E-state index contributed by atoms with van der Waals surface area (Å²) in [6.45, 7) is 4.36. The lowest BCUT2D eigenvalue weighted by molar-refractivity contribution is -0.161. The first kappa shape index (κ1) is 98.4. The molecule has 0 heterocycles. The fraction of sp³-hybridized carbons (Fsp3) is 0.624. The molecule has 590 valence electrons. The molecular weight excluding hydrogens is 1350 g/mol. The van der Waals surface area contributed by atoms with Crippen molar-refractivity contribution in [1.82, 2.24) is 0 Å². The van der Waals surface area contributed by atoms with Gasteiger partial charge in [-0.25, -0.2) is 9.13 Å². The second-order valence-electron chi connectivity index (χ2n) is 25.5. The van der Waals surface area contributed by atoms with Crippen LogP contribution in [-0.4, -0.2) is 96.7 Å². The Kier molecular flexibility index (Phi) is 71.6. The molecular formula is C85H138O17P2. The number of aliphatic hydroxyl groups excluding tert-OH is 1. The lowest BCUT2D eigenvalue weighted by Gasteiger charge is -2.21. The van der Waals surface area contributed by atoms with Crippen molar-refractivity contribution >= 4 is 39.5 Å². The number of aliphatic hydroxyl groups is 1. The van der Waals surface area contributed by atoms with E-state index in [0.29, 0.717) is 32.1 Å². The highest BCUT2D eigenvalue weighted by Crippen LogP contribution is 2.45. The highest BCUT2D eigenvalue weighted by molar-refractivity contribution is 7.47. The summed E-state index contributed by atoms with van der Waals surface area (Å²) in [6.07, 6.45) is 89.1. The molecule has 0 aliphatic rings. The molecule has 0 saturated carbocycles. The molecule has 0 fully saturated rings. The zero-order chi connectivity index (χ0) is 76.0. The van der Waals surface area contributed by atoms with Gasteiger partial charge in [0.2, 0.25) is 0 Å². The second kappa shape index (κ2) is 75.6. The van der Waals surface area contributed by atoms with E-state index in [1.807, 2.05) is 0 Å². The summed E-state index contributed by atoms with van der Waals surface area (Å²) in [4.78, 5) is 73.0. The third kappa shape index (κ3) is 74.7. The minimum Gasteiger partial charge on any atom is -0.462 e. The molecule has 19 heteroatoms. The van der Waals surface area contributed by atoms with Gasteiger partial charge in [0.1, 0.15) is 19.3 Å². The van der Waals surface area contributed by atoms with Gasteiger partial charge in [0, 0.05) is 25.7 Å². The molecule has 0 spiro atoms. The molecule has 0 aliphatic carbocycles. The zero-order valence-corrected chi connectivity index (χ0v) is 66.2. The number of ether oxygens (including phenoxy) is 4. The molecule has 0 aromatic carbocycles. The van der Waals surface area contributed by atoms with Crippen LogP contribution in [0.2, 0.25) is 0 Å². The zero-order valence-electron chi connectivity index (χ0n) is 64.4. The predicted molar refractivity (Wildman–Crippen MR) is 426 cm³/mol. The lowest BCUT2D eigenvalue weighted by atomic mass is 10.1. The number of rotatable bonds is 72. The Morgan fingerprint density at radius 3 is 0.788 bits per heavy atom. The number of carbonyl (C=O) groups excluding carboxylic acids is 4. The SMILES string of the molecule is CC/C=C\C/C=C\C/C=C\C/C=C\CCCCCCCCC(=O)OCC(COP(=O)(O)OCC(O)COP(=O)(O)OCC(COC(=O)CCCC/C=C\C/C=C\C/C=C\C/C=C\CC)OC(=O)CCCC/C=C\C/C=C\C/C=C\C/C=C\CC)OC(=O)CCCCCCC/C=C\C/C=C\CCCCC. The normalized spacial score (nSPS) is 14.8. The number of hydrogen-bond donors (Lipinski definition) is 3. The van der Waals surface area contributed by atoms with Crippen LogP contribution < -0.4 is 0 Å². The van der Waals surface area contributed by atoms with Crippen molar-refractivity contribution < 1.29 is 80.2 Å². The van der Waals surface area contributed by atoms with Gasteiger partial charge >= 0.3 is 39.5 Å². The maximum absolute atomic E-state index is 13.1. The smallest absolute Gasteiger partial charge is 0.462 e. The third-order valence-electron chi connectivity index (χ3n) is 15.7. The summed E-state index contributed by atoms with van der Waals surface area (Å²) in [7, 11) is -10.0. The van der Waals surface area contributed by atoms with Crippen molar-refractivity contribution in [3.05, 3.63) is 170 Å². The summed E-state index contributed by atoms with van der Waals surface area (Å²) >= 11 is 0. The molecule has 0 saturated heterocycles. The molecule has 0 aromatic rings. The summed E-state index contributed by atoms with van der Waals surface area (Å²) in [6, 6.07) is 0. The number of allylic oxidation sites excluding steroid dienone is 28. The molecule has 3 N–H and O–H groups in total. The van der Waals surface area contributed by atoms with E-state index in [-0.39, 0.29) is 25.7 Å². The number of phosphoric acid groups is 2. The molecule has 0 radical (unpaired) electrons. The number of carbonyl (C=O) groups is 4. The average molecular weight is 1490 g/mol. The second-order valence-corrected chi connectivity index (χ2v) is 28.4. The van der Waals surface area contributed by atoms with Crippen molar-refractivity contribution in [3.8, 4) is 0 Å². The van der Waals surface area contributed by atoms with E-state index in [9.17, 15) is 43.2 Å². The number of phosphoric ester groups is 2. The van der Waals surface area contributed by atoms with Gasteiger partial charge in [0.25, 0.3) is 0 Å². The summed E-state index contributed by atoms with van der Waals surface area (Å²) < 4.78 is 68.5. The molecule has 0 aliphatic heterocycles. The van der Waals surface area contributed by atoms with Gasteiger partial charge in [-0.2, -0.15) is 0 Å². The van der Waals surface area contributed by atoms with Crippen molar-refractivity contribution in [2.24, 2.45) is 0 Å². The van der Waals surface area contributed by atoms with E-state index in [4.69, 9.17) is 37.0 Å². The Hall–Kier alpha value is -5.58. The van der Waals surface area contributed by atoms with Crippen molar-refractivity contribution in [2.45, 2.75) is 303 Å². The predicted octanol–water partition coefficient (Wildman–Crippen LogP) is 23.0. The minimum atomic E-state index is -5.01. The van der Waals surface area contributed by atoms with Gasteiger partial charge in [-0.1, -0.05) is 256 Å². The minimum absolute atomic E-state index is 0.0271. The van der Waals surface area contributed by atoms with E-state index in [1.54, 1.807) is 0 Å². The van der Waals surface area contributed by atoms with Gasteiger partial charge in [-0.15, -0.1) is 0 Å². The molecule has 0 amide bonds. The van der Waals surface area contributed by atoms with Crippen LogP contribution in [0.5, 0.6) is 0 Å². The third-order valence-corrected chi connectivity index (χ3v) is 17.6. The van der Waals surface area contributed by atoms with Crippen LogP contribution in [0.1, 0.15) is 285 Å². The molecule has 0 bridgehead atoms. The van der Waals surface area contributed by atoms with Gasteiger partial charge in [-0.3, -0.25) is 37.3 Å². The van der Waals surface area contributed by atoms with Crippen LogP contribution in [0, 0.1) is 0 Å². The highest BCUT2D eigenvalue weighted by atomic mass is 31.2. The summed E-state index contributed by atoms with van der Waals surface area (Å²) in [5.41, 5.74) is 0. The maximum atomic E-state index is 13.1. The Balaban J connectivity index is 5.46. The quantitative estimate of drug-likeness (QED) is 0.0169. The Morgan fingerprint density at radius 1 is 0.279 bits per heavy atom. The van der Waals surface area contributed by atoms with Crippen molar-refractivity contribution in [1.29, 1.82) is 0 Å². The fourth-order valence-corrected chi connectivity index (χ4v) is 11.3. The Morgan fingerprint density at radius 2 is 0.500 bits per heavy atom. The summed E-state index contributed by atoms with van der Waals surface area (Å²) in [5.74, 6) is -2.31. The van der Waals surface area contributed by atoms with Gasteiger partial charge < -0.3 is 33.8 Å². The first-order valence-corrected chi connectivity index (χ1v) is 42.4. The molecule has 5 atom stereocenters. The Bertz CT molecular complexity index is 2640. The average Bonchev–Trinajstić information content (AvgIpc) is 0.918. The van der Waals surface area contributed by atoms with Crippen LogP contribution in [-0.2, 0) is 65.4 Å². The number of hydrogen-bond acceptors (Lipinski definition) is 15. The maximum Gasteiger partial charge on any atom is 0.472 e. The van der Waals surface area contributed by atoms with E-state index in [1.165, 1.54) is 19.3 Å². The first-order valence-electron chi connectivity index (χ1n) is 39.4. The number of unbranched alkanes of at least 4 members (excludes halogenated alkanes) is 18. The van der Waals surface area contributed by atoms with Crippen LogP contribution in [0.4, 0.5) is 0 Å². The van der Waals surface area contributed by atoms with Gasteiger partial charge in [0.05, 0.1) is 26.4 Å². The van der Waals surface area contributed by atoms with E-state index >= 15 is 0 Å². The molecule has 0 aromatic heterocycles. The standard InChI is InChI=1S/C85H138O17P2/c1-5-9-13-17-21-25-29-33-37-38-39-40-44-46-50-54-58-62-66-70-83(88)96-76-81(102-85(90)72-68-64-60-56-52-48-43-36-32-28-24-20-16-12-8-4)78-100-104(93,94)98-74-79(86)73-97-103(91,92)99-77-80(101-84(89)71-67-63-59-55-51-47-42-35-31-27-23-19-15-11-7-3)75-95-82(87)69-65-61-57-53-49-45-41-34-30-26-22-18-14-10-6-2/h9-11,13-15,21-28,33-37,39-43,49,51,53,55,79-81,86H,5-8,12,16-20,29-32,38,44-48,50,52,54,56-78H2,1-4H3,(H,91,92)(H,93,94)/b13-9-,14-10-,15-11-,25-21-,26-22-,27-23-,28-24-,37-33-,40-39-,41-34-,42-35-,43-36-,53-49-,55-51-. The van der Waals surface area contributed by atoms with Crippen LogP contribution in [0.25, 0.3) is 0 Å². The molecule has 5 unspecified atom stereocenters. The largest absolute Gasteiger partial charge is 0.472 e. The van der Waals surface area contributed by atoms with Crippen LogP contribution in [0.15, 0.2) is 170 Å². The van der Waals surface area contributed by atoms with Crippen molar-refractivity contribution in [3.63, 3.8) is 0 Å². The topological polar surface area (TPSA) is 237 Å². The van der Waals surface area contributed by atoms with Crippen LogP contribution in [0.3, 0.4) is 0 Å². The number of esters is 4. The van der Waals surface area contributed by atoms with Crippen molar-refractivity contribution in [2.75, 3.05) is 39.6 Å². The lowest BCUT2D eigenvalue weighted by Crippen LogP contribution is -2.30. The molecule has 0 rings (SSSR count). The fourth-order valence-electron chi connectivity index (χ4n) is 9.75. The first-order chi connectivity index (χ1) is 50.7. The molecule has 104 heavy (non-hydrogen) atoms. The van der Waals surface area contributed by atoms with E-state index < -0.39 is 97.5 Å². The van der Waals surface area contributed by atoms with Gasteiger partial charge in [0.15, 0.2) is 12.2 Å². The summed E-state index contributed by atoms with van der Waals surface area (Å²) in [5, 5.41) is 10.6. The highest BCUT2D eigenvalue weighted by Gasteiger charge is 2.30. The van der Waals surface area contributed by atoms with E-state index in [2.05, 4.69) is 198 Å².